The van der Waals surface area contributed by atoms with Crippen LogP contribution in [0, 0.1) is 23.7 Å². The van der Waals surface area contributed by atoms with Gasteiger partial charge in [-0.25, -0.2) is 4.79 Å². The van der Waals surface area contributed by atoms with Crippen LogP contribution in [0.2, 0.25) is 0 Å². The van der Waals surface area contributed by atoms with Crippen molar-refractivity contribution in [1.82, 2.24) is 5.32 Å². The summed E-state index contributed by atoms with van der Waals surface area (Å²) < 4.78 is 5.38. The van der Waals surface area contributed by atoms with Gasteiger partial charge in [-0.1, -0.05) is 44.2 Å². The van der Waals surface area contributed by atoms with Crippen molar-refractivity contribution in [3.05, 3.63) is 35.9 Å². The second-order valence-electron chi connectivity index (χ2n) is 6.89. The summed E-state index contributed by atoms with van der Waals surface area (Å²) in [4.78, 5) is 12.1. The number of alkyl carbamates (subject to hydrolysis) is 1. The zero-order valence-electron chi connectivity index (χ0n) is 12.9. The highest BCUT2D eigenvalue weighted by Crippen LogP contribution is 2.51. The van der Waals surface area contributed by atoms with Crippen LogP contribution >= 0.6 is 0 Å². The lowest BCUT2D eigenvalue weighted by molar-refractivity contribution is 0.118. The minimum absolute atomic E-state index is 0.262. The molecule has 3 rings (SSSR count). The summed E-state index contributed by atoms with van der Waals surface area (Å²) in [5.41, 5.74) is 1.03. The summed E-state index contributed by atoms with van der Waals surface area (Å²) in [6, 6.07) is 10.1. The number of carbonyl (C=O) groups is 1. The molecule has 1 aromatic carbocycles. The molecule has 2 aliphatic rings. The van der Waals surface area contributed by atoms with Crippen molar-refractivity contribution in [1.29, 1.82) is 0 Å². The van der Waals surface area contributed by atoms with Gasteiger partial charge in [-0.2, -0.15) is 0 Å². The van der Waals surface area contributed by atoms with Crippen LogP contribution in [0.1, 0.15) is 38.7 Å². The van der Waals surface area contributed by atoms with E-state index in [-0.39, 0.29) is 6.09 Å². The predicted molar refractivity (Wildman–Crippen MR) is 82.7 cm³/mol. The normalized spacial score (nSPS) is 30.6. The quantitative estimate of drug-likeness (QED) is 0.909. The van der Waals surface area contributed by atoms with Gasteiger partial charge in [0.15, 0.2) is 0 Å². The second-order valence-corrected chi connectivity index (χ2v) is 6.89. The molecule has 0 saturated heterocycles. The smallest absolute Gasteiger partial charge is 0.407 e. The molecule has 2 fully saturated rings. The fourth-order valence-corrected chi connectivity index (χ4v) is 4.41. The van der Waals surface area contributed by atoms with Gasteiger partial charge in [0.1, 0.15) is 6.61 Å². The Hall–Kier alpha value is -1.51. The number of benzene rings is 1. The molecule has 4 atom stereocenters. The first-order chi connectivity index (χ1) is 10.1. The molecule has 1 N–H and O–H groups in total. The van der Waals surface area contributed by atoms with Crippen LogP contribution in [0.5, 0.6) is 0 Å². The summed E-state index contributed by atoms with van der Waals surface area (Å²) in [6.07, 6.45) is 3.62. The third-order valence-electron chi connectivity index (χ3n) is 5.25. The maximum absolute atomic E-state index is 12.1. The van der Waals surface area contributed by atoms with E-state index in [1.54, 1.807) is 0 Å². The average molecular weight is 287 g/mol. The van der Waals surface area contributed by atoms with Crippen molar-refractivity contribution in [3.8, 4) is 0 Å². The van der Waals surface area contributed by atoms with E-state index in [0.717, 1.165) is 11.5 Å². The molecule has 2 bridgehead atoms. The minimum Gasteiger partial charge on any atom is -0.445 e. The zero-order valence-corrected chi connectivity index (χ0v) is 12.9. The Kier molecular flexibility index (Phi) is 4.18. The number of hydrogen-bond donors (Lipinski definition) is 1. The molecule has 1 aromatic rings. The summed E-state index contributed by atoms with van der Waals surface area (Å²) in [5.74, 6) is 2.70. The van der Waals surface area contributed by atoms with Crippen molar-refractivity contribution >= 4 is 6.09 Å². The van der Waals surface area contributed by atoms with Crippen LogP contribution in [-0.4, -0.2) is 12.1 Å². The van der Waals surface area contributed by atoms with Gasteiger partial charge in [-0.15, -0.1) is 0 Å². The highest BCUT2D eigenvalue weighted by atomic mass is 16.5. The SMILES string of the molecule is CC(C)C1[C@H]2CC[C@H](C2)[C@H]1NC(=O)OCc1ccccc1. The Morgan fingerprint density at radius 2 is 1.95 bits per heavy atom. The molecule has 0 heterocycles. The van der Waals surface area contributed by atoms with Crippen molar-refractivity contribution in [2.75, 3.05) is 0 Å². The lowest BCUT2D eigenvalue weighted by Crippen LogP contribution is -2.45. The topological polar surface area (TPSA) is 38.3 Å². The molecule has 0 spiro atoms. The summed E-state index contributed by atoms with van der Waals surface area (Å²) in [5, 5.41) is 3.15. The molecule has 21 heavy (non-hydrogen) atoms. The molecule has 1 amide bonds. The Labute approximate surface area is 127 Å². The van der Waals surface area contributed by atoms with Gasteiger partial charge in [0.25, 0.3) is 0 Å². The van der Waals surface area contributed by atoms with Crippen LogP contribution in [0.25, 0.3) is 0 Å². The Balaban J connectivity index is 1.54. The highest BCUT2D eigenvalue weighted by Gasteiger charge is 2.49. The van der Waals surface area contributed by atoms with E-state index in [9.17, 15) is 4.79 Å². The van der Waals surface area contributed by atoms with Crippen LogP contribution in [-0.2, 0) is 11.3 Å². The molecule has 0 aromatic heterocycles. The number of carbonyl (C=O) groups excluding carboxylic acids is 1. The van der Waals surface area contributed by atoms with Gasteiger partial charge in [0.05, 0.1) is 0 Å². The molecule has 1 unspecified atom stereocenters. The predicted octanol–water partition coefficient (Wildman–Crippen LogP) is 3.98. The lowest BCUT2D eigenvalue weighted by atomic mass is 9.77. The Morgan fingerprint density at radius 3 is 2.67 bits per heavy atom. The highest BCUT2D eigenvalue weighted by molar-refractivity contribution is 5.67. The number of fused-ring (bicyclic) bond motifs is 2. The van der Waals surface area contributed by atoms with Crippen LogP contribution in [0.15, 0.2) is 30.3 Å². The van der Waals surface area contributed by atoms with E-state index in [2.05, 4.69) is 19.2 Å². The average Bonchev–Trinajstić information content (AvgIpc) is 3.07. The fourth-order valence-electron chi connectivity index (χ4n) is 4.41. The van der Waals surface area contributed by atoms with E-state index in [1.807, 2.05) is 30.3 Å². The van der Waals surface area contributed by atoms with Crippen molar-refractivity contribution in [3.63, 3.8) is 0 Å². The molecule has 3 nitrogen and oxygen atoms in total. The van der Waals surface area contributed by atoms with Gasteiger partial charge in [0, 0.05) is 6.04 Å². The van der Waals surface area contributed by atoms with Gasteiger partial charge in [0.2, 0.25) is 0 Å². The van der Waals surface area contributed by atoms with E-state index in [1.165, 1.54) is 19.3 Å². The van der Waals surface area contributed by atoms with Crippen molar-refractivity contribution < 1.29 is 9.53 Å². The van der Waals surface area contributed by atoms with Crippen molar-refractivity contribution in [2.45, 2.75) is 45.8 Å². The number of nitrogens with one attached hydrogen (secondary N) is 1. The second kappa shape index (κ2) is 6.08. The molecule has 0 radical (unpaired) electrons. The molecule has 3 heteroatoms. The molecule has 114 valence electrons. The van der Waals surface area contributed by atoms with Crippen molar-refractivity contribution in [2.24, 2.45) is 23.7 Å². The van der Waals surface area contributed by atoms with Gasteiger partial charge in [-0.3, -0.25) is 0 Å². The van der Waals surface area contributed by atoms with Crippen LogP contribution in [0.3, 0.4) is 0 Å². The van der Waals surface area contributed by atoms with E-state index in [0.29, 0.717) is 30.4 Å². The first kappa shape index (κ1) is 14.4. The maximum atomic E-state index is 12.1. The van der Waals surface area contributed by atoms with E-state index < -0.39 is 0 Å². The standard InChI is InChI=1S/C18H25NO2/c1-12(2)16-14-8-9-15(10-14)17(16)19-18(20)21-11-13-6-4-3-5-7-13/h3-7,12,14-17H,8-11H2,1-2H3,(H,19,20)/t14-,15+,16?,17+/m0/s1. The Morgan fingerprint density at radius 1 is 1.24 bits per heavy atom. The van der Waals surface area contributed by atoms with E-state index in [4.69, 9.17) is 4.74 Å². The maximum Gasteiger partial charge on any atom is 0.407 e. The van der Waals surface area contributed by atoms with Crippen LogP contribution in [0.4, 0.5) is 4.79 Å². The zero-order chi connectivity index (χ0) is 14.8. The molecular weight excluding hydrogens is 262 g/mol. The first-order valence-electron chi connectivity index (χ1n) is 8.12. The van der Waals surface area contributed by atoms with Gasteiger partial charge in [-0.05, 0) is 48.5 Å². The lowest BCUT2D eigenvalue weighted by Gasteiger charge is -2.34. The Bertz CT molecular complexity index is 485. The number of hydrogen-bond acceptors (Lipinski definition) is 2. The molecular formula is C18H25NO2. The van der Waals surface area contributed by atoms with Gasteiger partial charge < -0.3 is 10.1 Å². The molecule has 2 aliphatic carbocycles. The van der Waals surface area contributed by atoms with Gasteiger partial charge >= 0.3 is 6.09 Å². The molecule has 0 aliphatic heterocycles. The minimum atomic E-state index is -0.262. The number of rotatable bonds is 4. The third-order valence-corrected chi connectivity index (χ3v) is 5.25. The number of amides is 1. The van der Waals surface area contributed by atoms with Crippen LogP contribution < -0.4 is 5.32 Å². The third kappa shape index (κ3) is 3.07. The monoisotopic (exact) mass is 287 g/mol. The summed E-state index contributed by atoms with van der Waals surface area (Å²) in [7, 11) is 0. The largest absolute Gasteiger partial charge is 0.445 e. The molecule has 2 saturated carbocycles. The van der Waals surface area contributed by atoms with E-state index >= 15 is 0 Å². The summed E-state index contributed by atoms with van der Waals surface area (Å²) >= 11 is 0. The number of ether oxygens (including phenoxy) is 1. The fraction of sp³-hybridized carbons (Fsp3) is 0.611. The summed E-state index contributed by atoms with van der Waals surface area (Å²) in [6.45, 7) is 4.89. The first-order valence-corrected chi connectivity index (χ1v) is 8.12.